The van der Waals surface area contributed by atoms with E-state index in [1.54, 1.807) is 12.1 Å². The number of aliphatic carboxylic acids is 2. The number of carboxylic acids is 2. The molecule has 0 aliphatic heterocycles. The van der Waals surface area contributed by atoms with Crippen LogP contribution in [0.4, 0.5) is 0 Å². The topological polar surface area (TPSA) is 124 Å². The molecule has 0 aliphatic rings. The number of benzene rings is 1. The number of hydrogen-bond acceptors (Lipinski definition) is 5. The summed E-state index contributed by atoms with van der Waals surface area (Å²) in [6, 6.07) is 4.72. The lowest BCUT2D eigenvalue weighted by Gasteiger charge is -2.03. The summed E-state index contributed by atoms with van der Waals surface area (Å²) in [5, 5.41) is 33.6. The number of carbonyl (C=O) groups is 2. The first-order chi connectivity index (χ1) is 10.6. The molecule has 0 spiro atoms. The number of phenolic OH excluding ortho intramolecular Hbond substituents is 1. The van der Waals surface area contributed by atoms with Gasteiger partial charge in [-0.1, -0.05) is 19.2 Å². The molecule has 7 heteroatoms. The van der Waals surface area contributed by atoms with Gasteiger partial charge in [0.25, 0.3) is 0 Å². The van der Waals surface area contributed by atoms with Crippen molar-refractivity contribution in [3.05, 3.63) is 48.1 Å². The van der Waals surface area contributed by atoms with Crippen molar-refractivity contribution in [2.75, 3.05) is 7.11 Å². The van der Waals surface area contributed by atoms with Crippen LogP contribution in [0.3, 0.4) is 0 Å². The Morgan fingerprint density at radius 3 is 1.74 bits per heavy atom. The molecule has 7 nitrogen and oxygen atoms in total. The summed E-state index contributed by atoms with van der Waals surface area (Å²) in [5.41, 5.74) is 1.07. The summed E-state index contributed by atoms with van der Waals surface area (Å²) in [7, 11) is 1.47. The summed E-state index contributed by atoms with van der Waals surface area (Å²) in [4.78, 5) is 19.2. The van der Waals surface area contributed by atoms with E-state index >= 15 is 0 Å². The van der Waals surface area contributed by atoms with Crippen LogP contribution in [0.15, 0.2) is 42.5 Å². The summed E-state index contributed by atoms with van der Waals surface area (Å²) >= 11 is 0. The predicted octanol–water partition coefficient (Wildman–Crippen LogP) is 2.19. The first-order valence-corrected chi connectivity index (χ1v) is 6.31. The maximum absolute atomic E-state index is 9.60. The van der Waals surface area contributed by atoms with Crippen LogP contribution < -0.4 is 4.74 Å². The Balaban J connectivity index is 0. The normalized spacial score (nSPS) is 8.52. The van der Waals surface area contributed by atoms with Gasteiger partial charge in [0.05, 0.1) is 13.7 Å². The van der Waals surface area contributed by atoms with Gasteiger partial charge in [-0.05, 0) is 31.5 Å². The van der Waals surface area contributed by atoms with Gasteiger partial charge >= 0.3 is 11.9 Å². The second kappa shape index (κ2) is 11.8. The third-order valence-corrected chi connectivity index (χ3v) is 2.16. The van der Waals surface area contributed by atoms with E-state index in [0.29, 0.717) is 5.75 Å². The van der Waals surface area contributed by atoms with Crippen molar-refractivity contribution in [3.8, 4) is 11.5 Å². The second-order valence-corrected chi connectivity index (χ2v) is 4.34. The van der Waals surface area contributed by atoms with E-state index in [1.165, 1.54) is 27.0 Å². The van der Waals surface area contributed by atoms with E-state index in [9.17, 15) is 9.59 Å². The minimum absolute atomic E-state index is 0.0450. The van der Waals surface area contributed by atoms with Crippen molar-refractivity contribution < 1.29 is 34.8 Å². The van der Waals surface area contributed by atoms with Crippen molar-refractivity contribution in [1.29, 1.82) is 0 Å². The van der Waals surface area contributed by atoms with E-state index in [4.69, 9.17) is 25.2 Å². The summed E-state index contributed by atoms with van der Waals surface area (Å²) < 4.78 is 4.83. The average Bonchev–Trinajstić information content (AvgIpc) is 2.48. The number of aromatic hydroxyl groups is 1. The SMILES string of the molecule is C=C(C)C(=O)O.C=C(C)C(=O)O.COc1cc(CO)ccc1O. The van der Waals surface area contributed by atoms with Crippen molar-refractivity contribution >= 4 is 11.9 Å². The Labute approximate surface area is 134 Å². The molecule has 0 saturated carbocycles. The van der Waals surface area contributed by atoms with Gasteiger partial charge in [-0.2, -0.15) is 0 Å². The molecule has 4 N–H and O–H groups in total. The molecule has 0 aliphatic carbocycles. The molecule has 0 atom stereocenters. The number of phenols is 1. The third kappa shape index (κ3) is 11.5. The predicted molar refractivity (Wildman–Crippen MR) is 85.5 cm³/mol. The zero-order valence-corrected chi connectivity index (χ0v) is 13.4. The highest BCUT2D eigenvalue weighted by Crippen LogP contribution is 2.25. The summed E-state index contributed by atoms with van der Waals surface area (Å²) in [6.45, 7) is 9.16. The Kier molecular flexibility index (Phi) is 11.5. The largest absolute Gasteiger partial charge is 0.504 e. The minimum Gasteiger partial charge on any atom is -0.504 e. The van der Waals surface area contributed by atoms with E-state index in [2.05, 4.69) is 13.2 Å². The number of hydrogen-bond donors (Lipinski definition) is 4. The first kappa shape index (κ1) is 22.5. The Bertz CT molecular complexity index is 514. The molecular weight excluding hydrogens is 304 g/mol. The van der Waals surface area contributed by atoms with Crippen LogP contribution in [0.2, 0.25) is 0 Å². The van der Waals surface area contributed by atoms with Crippen LogP contribution in [0.5, 0.6) is 11.5 Å². The highest BCUT2D eigenvalue weighted by molar-refractivity contribution is 5.85. The highest BCUT2D eigenvalue weighted by Gasteiger charge is 2.00. The summed E-state index contributed by atoms with van der Waals surface area (Å²) in [5.74, 6) is -1.40. The number of aliphatic hydroxyl groups is 1. The zero-order chi connectivity index (χ0) is 18.6. The first-order valence-electron chi connectivity index (χ1n) is 6.31. The van der Waals surface area contributed by atoms with Gasteiger partial charge in [0.15, 0.2) is 11.5 Å². The van der Waals surface area contributed by atoms with Crippen LogP contribution in [-0.2, 0) is 16.2 Å². The lowest BCUT2D eigenvalue weighted by Crippen LogP contribution is -1.92. The molecule has 1 rings (SSSR count). The number of carboxylic acid groups (broad SMARTS) is 2. The quantitative estimate of drug-likeness (QED) is 0.625. The molecule has 0 amide bonds. The van der Waals surface area contributed by atoms with Crippen LogP contribution in [-0.4, -0.2) is 39.5 Å². The van der Waals surface area contributed by atoms with Gasteiger partial charge in [0, 0.05) is 11.1 Å². The smallest absolute Gasteiger partial charge is 0.330 e. The van der Waals surface area contributed by atoms with Gasteiger partial charge in [-0.3, -0.25) is 0 Å². The molecule has 0 radical (unpaired) electrons. The Morgan fingerprint density at radius 2 is 1.48 bits per heavy atom. The van der Waals surface area contributed by atoms with Gasteiger partial charge in [0.2, 0.25) is 0 Å². The van der Waals surface area contributed by atoms with Gasteiger partial charge in [-0.15, -0.1) is 0 Å². The third-order valence-electron chi connectivity index (χ3n) is 2.16. The van der Waals surface area contributed by atoms with Crippen molar-refractivity contribution in [3.63, 3.8) is 0 Å². The Hall–Kier alpha value is -2.80. The fraction of sp³-hybridized carbons (Fsp3) is 0.250. The monoisotopic (exact) mass is 326 g/mol. The van der Waals surface area contributed by atoms with E-state index in [1.807, 2.05) is 0 Å². The molecule has 0 unspecified atom stereocenters. The maximum Gasteiger partial charge on any atom is 0.330 e. The van der Waals surface area contributed by atoms with E-state index < -0.39 is 11.9 Å². The van der Waals surface area contributed by atoms with Crippen LogP contribution in [0.25, 0.3) is 0 Å². The van der Waals surface area contributed by atoms with Gasteiger partial charge in [-0.25, -0.2) is 9.59 Å². The Morgan fingerprint density at radius 1 is 1.09 bits per heavy atom. The number of methoxy groups -OCH3 is 1. The van der Waals surface area contributed by atoms with Crippen molar-refractivity contribution in [2.45, 2.75) is 20.5 Å². The standard InChI is InChI=1S/C8H10O3.2C4H6O2/c1-11-8-4-6(5-9)2-3-7(8)10;2*1-3(2)4(5)6/h2-4,9-10H,5H2,1H3;2*1H2,2H3,(H,5,6). The minimum atomic E-state index is -0.935. The maximum atomic E-state index is 9.60. The molecule has 128 valence electrons. The lowest BCUT2D eigenvalue weighted by molar-refractivity contribution is -0.133. The fourth-order valence-electron chi connectivity index (χ4n) is 0.820. The van der Waals surface area contributed by atoms with Crippen molar-refractivity contribution in [2.24, 2.45) is 0 Å². The van der Waals surface area contributed by atoms with Gasteiger partial charge in [0.1, 0.15) is 0 Å². The van der Waals surface area contributed by atoms with E-state index in [-0.39, 0.29) is 23.5 Å². The molecule has 0 aromatic heterocycles. The number of rotatable bonds is 4. The van der Waals surface area contributed by atoms with E-state index in [0.717, 1.165) is 5.56 Å². The number of ether oxygens (including phenoxy) is 1. The van der Waals surface area contributed by atoms with Crippen LogP contribution >= 0.6 is 0 Å². The van der Waals surface area contributed by atoms with Crippen molar-refractivity contribution in [1.82, 2.24) is 0 Å². The molecule has 0 bridgehead atoms. The molecule has 0 fully saturated rings. The summed E-state index contributed by atoms with van der Waals surface area (Å²) in [6.07, 6.45) is 0. The second-order valence-electron chi connectivity index (χ2n) is 4.34. The molecule has 0 heterocycles. The average molecular weight is 326 g/mol. The fourth-order valence-corrected chi connectivity index (χ4v) is 0.820. The zero-order valence-electron chi connectivity index (χ0n) is 13.4. The highest BCUT2D eigenvalue weighted by atomic mass is 16.5. The molecule has 1 aromatic carbocycles. The lowest BCUT2D eigenvalue weighted by atomic mass is 10.2. The molecule has 1 aromatic rings. The molecular formula is C16H22O7. The molecule has 0 saturated heterocycles. The number of aliphatic hydroxyl groups excluding tert-OH is 1. The van der Waals surface area contributed by atoms with Crippen LogP contribution in [0, 0.1) is 0 Å². The van der Waals surface area contributed by atoms with Crippen LogP contribution in [0.1, 0.15) is 19.4 Å². The molecule has 23 heavy (non-hydrogen) atoms. The van der Waals surface area contributed by atoms with Gasteiger partial charge < -0.3 is 25.2 Å².